The summed E-state index contributed by atoms with van der Waals surface area (Å²) in [4.78, 5) is 28.2. The number of anilines is 1. The highest BCUT2D eigenvalue weighted by atomic mass is 19.3. The summed E-state index contributed by atoms with van der Waals surface area (Å²) >= 11 is 0. The van der Waals surface area contributed by atoms with Crippen molar-refractivity contribution in [1.29, 1.82) is 0 Å². The van der Waals surface area contributed by atoms with Crippen LogP contribution in [0, 0.1) is 11.3 Å². The standard InChI is InChI=1S/C24H35F2N3O4/c1-24(2,23(25)26)14-20(30)29-19(22(31)32)9-11-33-18-12-15(13-18)5-7-17-8-6-16-4-3-10-27-21(16)28-17/h6,8,15,18-19,23H,3-5,7,9-14H2,1-2H3,(H,27,28)(H,29,30)(H,31,32)/t15-,18+,19-/m0/s1. The lowest BCUT2D eigenvalue weighted by molar-refractivity contribution is -0.143. The maximum absolute atomic E-state index is 12.9. The first-order chi connectivity index (χ1) is 15.6. The molecule has 7 nitrogen and oxygen atoms in total. The van der Waals surface area contributed by atoms with E-state index in [2.05, 4.69) is 22.8 Å². The number of rotatable bonds is 12. The minimum Gasteiger partial charge on any atom is -0.480 e. The Balaban J connectivity index is 1.32. The number of pyridine rings is 1. The number of carbonyl (C=O) groups is 2. The molecule has 3 rings (SSSR count). The minimum atomic E-state index is -2.67. The van der Waals surface area contributed by atoms with Crippen molar-refractivity contribution in [2.75, 3.05) is 18.5 Å². The molecule has 1 atom stereocenters. The van der Waals surface area contributed by atoms with E-state index in [9.17, 15) is 23.5 Å². The van der Waals surface area contributed by atoms with Crippen molar-refractivity contribution in [2.45, 2.75) is 83.8 Å². The predicted molar refractivity (Wildman–Crippen MR) is 120 cm³/mol. The van der Waals surface area contributed by atoms with Gasteiger partial charge >= 0.3 is 5.97 Å². The zero-order valence-corrected chi connectivity index (χ0v) is 19.4. The highest BCUT2D eigenvalue weighted by Crippen LogP contribution is 2.34. The summed E-state index contributed by atoms with van der Waals surface area (Å²) in [5.74, 6) is -0.304. The average Bonchev–Trinajstić information content (AvgIpc) is 2.73. The monoisotopic (exact) mass is 467 g/mol. The molecule has 0 saturated heterocycles. The summed E-state index contributed by atoms with van der Waals surface area (Å²) in [6.07, 6.45) is 3.14. The van der Waals surface area contributed by atoms with E-state index in [1.54, 1.807) is 0 Å². The number of amides is 1. The van der Waals surface area contributed by atoms with E-state index < -0.39 is 36.2 Å². The number of hydrogen-bond donors (Lipinski definition) is 3. The Morgan fingerprint density at radius 2 is 2.09 bits per heavy atom. The maximum Gasteiger partial charge on any atom is 0.326 e. The molecule has 0 radical (unpaired) electrons. The number of aryl methyl sites for hydroxylation is 2. The van der Waals surface area contributed by atoms with Crippen LogP contribution >= 0.6 is 0 Å². The Hall–Kier alpha value is -2.29. The number of ether oxygens (including phenoxy) is 1. The second-order valence-electron chi connectivity index (χ2n) is 9.92. The van der Waals surface area contributed by atoms with Gasteiger partial charge in [-0.05, 0) is 56.1 Å². The topological polar surface area (TPSA) is 101 Å². The van der Waals surface area contributed by atoms with Crippen LogP contribution in [0.2, 0.25) is 0 Å². The first-order valence-electron chi connectivity index (χ1n) is 11.8. The van der Waals surface area contributed by atoms with Crippen LogP contribution in [0.1, 0.15) is 63.6 Å². The molecule has 1 amide bonds. The van der Waals surface area contributed by atoms with Crippen LogP contribution < -0.4 is 10.6 Å². The van der Waals surface area contributed by atoms with Crippen LogP contribution in [-0.4, -0.2) is 53.7 Å². The van der Waals surface area contributed by atoms with E-state index in [0.29, 0.717) is 5.92 Å². The maximum atomic E-state index is 12.9. The van der Waals surface area contributed by atoms with Crippen LogP contribution in [0.15, 0.2) is 12.1 Å². The fourth-order valence-electron chi connectivity index (χ4n) is 4.25. The second-order valence-corrected chi connectivity index (χ2v) is 9.92. The number of halogens is 2. The van der Waals surface area contributed by atoms with Gasteiger partial charge in [0.2, 0.25) is 12.3 Å². The minimum absolute atomic E-state index is 0.0936. The molecule has 0 aromatic carbocycles. The van der Waals surface area contributed by atoms with Gasteiger partial charge in [-0.15, -0.1) is 0 Å². The van der Waals surface area contributed by atoms with Crippen molar-refractivity contribution in [3.63, 3.8) is 0 Å². The van der Waals surface area contributed by atoms with Crippen molar-refractivity contribution in [1.82, 2.24) is 10.3 Å². The second kappa shape index (κ2) is 11.2. The molecule has 1 aliphatic heterocycles. The number of alkyl halides is 2. The van der Waals surface area contributed by atoms with Gasteiger partial charge in [-0.2, -0.15) is 0 Å². The number of aliphatic carboxylic acids is 1. The fraction of sp³-hybridized carbons (Fsp3) is 0.708. The van der Waals surface area contributed by atoms with E-state index in [1.807, 2.05) is 0 Å². The molecular formula is C24H35F2N3O4. The van der Waals surface area contributed by atoms with Crippen molar-refractivity contribution in [3.8, 4) is 0 Å². The van der Waals surface area contributed by atoms with Crippen LogP contribution in [0.3, 0.4) is 0 Å². The van der Waals surface area contributed by atoms with Crippen molar-refractivity contribution >= 4 is 17.7 Å². The van der Waals surface area contributed by atoms with E-state index in [1.165, 1.54) is 19.4 Å². The normalized spacial score (nSPS) is 21.0. The summed E-state index contributed by atoms with van der Waals surface area (Å²) in [7, 11) is 0. The van der Waals surface area contributed by atoms with Gasteiger partial charge in [0.15, 0.2) is 0 Å². The Bertz CT molecular complexity index is 828. The molecule has 1 aliphatic carbocycles. The van der Waals surface area contributed by atoms with Gasteiger partial charge in [0.05, 0.1) is 6.10 Å². The van der Waals surface area contributed by atoms with Crippen molar-refractivity contribution < 1.29 is 28.2 Å². The van der Waals surface area contributed by atoms with Gasteiger partial charge in [0.25, 0.3) is 0 Å². The number of carbonyl (C=O) groups excluding carboxylic acids is 1. The molecule has 0 bridgehead atoms. The smallest absolute Gasteiger partial charge is 0.326 e. The lowest BCUT2D eigenvalue weighted by Crippen LogP contribution is -2.44. The van der Waals surface area contributed by atoms with E-state index in [4.69, 9.17) is 9.72 Å². The number of carboxylic acid groups (broad SMARTS) is 1. The molecule has 1 fully saturated rings. The molecule has 9 heteroatoms. The SMILES string of the molecule is CC(C)(CC(=O)N[C@@H](CCO[C@H]1C[C@@H](CCc2ccc3c(n2)NCCC3)C1)C(=O)O)C(F)F. The quantitative estimate of drug-likeness (QED) is 0.432. The Morgan fingerprint density at radius 1 is 1.33 bits per heavy atom. The Kier molecular flexibility index (Phi) is 8.62. The van der Waals surface area contributed by atoms with Gasteiger partial charge in [-0.25, -0.2) is 18.6 Å². The molecule has 0 unspecified atom stereocenters. The van der Waals surface area contributed by atoms with Gasteiger partial charge < -0.3 is 20.5 Å². The molecule has 0 spiro atoms. The van der Waals surface area contributed by atoms with Crippen molar-refractivity contribution in [2.24, 2.45) is 11.3 Å². The lowest BCUT2D eigenvalue weighted by Gasteiger charge is -2.35. The summed E-state index contributed by atoms with van der Waals surface area (Å²) < 4.78 is 31.6. The van der Waals surface area contributed by atoms with Crippen LogP contribution in [-0.2, 0) is 27.2 Å². The number of fused-ring (bicyclic) bond motifs is 1. The van der Waals surface area contributed by atoms with Crippen LogP contribution in [0.25, 0.3) is 0 Å². The van der Waals surface area contributed by atoms with E-state index >= 15 is 0 Å². The summed E-state index contributed by atoms with van der Waals surface area (Å²) in [6, 6.07) is 3.13. The number of nitrogens with one attached hydrogen (secondary N) is 2. The third kappa shape index (κ3) is 7.35. The van der Waals surface area contributed by atoms with Gasteiger partial charge in [0, 0.05) is 37.1 Å². The Labute approximate surface area is 193 Å². The lowest BCUT2D eigenvalue weighted by atomic mass is 9.79. The highest BCUT2D eigenvalue weighted by Gasteiger charge is 2.34. The summed E-state index contributed by atoms with van der Waals surface area (Å²) in [5.41, 5.74) is 0.883. The molecular weight excluding hydrogens is 432 g/mol. The van der Waals surface area contributed by atoms with Crippen molar-refractivity contribution in [3.05, 3.63) is 23.4 Å². The zero-order valence-electron chi connectivity index (χ0n) is 19.4. The molecule has 1 saturated carbocycles. The van der Waals surface area contributed by atoms with Gasteiger partial charge in [0.1, 0.15) is 11.9 Å². The number of aromatic nitrogens is 1. The zero-order chi connectivity index (χ0) is 24.0. The van der Waals surface area contributed by atoms with Crippen LogP contribution in [0.5, 0.6) is 0 Å². The molecule has 2 aliphatic rings. The summed E-state index contributed by atoms with van der Waals surface area (Å²) in [6.45, 7) is 3.74. The van der Waals surface area contributed by atoms with E-state index in [0.717, 1.165) is 56.6 Å². The van der Waals surface area contributed by atoms with Gasteiger partial charge in [-0.3, -0.25) is 4.79 Å². The largest absolute Gasteiger partial charge is 0.480 e. The third-order valence-corrected chi connectivity index (χ3v) is 6.55. The molecule has 33 heavy (non-hydrogen) atoms. The first kappa shape index (κ1) is 25.3. The average molecular weight is 468 g/mol. The Morgan fingerprint density at radius 3 is 2.79 bits per heavy atom. The van der Waals surface area contributed by atoms with Crippen LogP contribution in [0.4, 0.5) is 14.6 Å². The fourth-order valence-corrected chi connectivity index (χ4v) is 4.25. The number of nitrogens with zero attached hydrogens (tertiary/aromatic N) is 1. The molecule has 3 N–H and O–H groups in total. The number of hydrogen-bond acceptors (Lipinski definition) is 5. The van der Waals surface area contributed by atoms with Gasteiger partial charge in [-0.1, -0.05) is 19.9 Å². The number of carboxylic acids is 1. The molecule has 184 valence electrons. The van der Waals surface area contributed by atoms with E-state index in [-0.39, 0.29) is 19.1 Å². The molecule has 1 aromatic rings. The summed E-state index contributed by atoms with van der Waals surface area (Å²) in [5, 5.41) is 15.0. The highest BCUT2D eigenvalue weighted by molar-refractivity contribution is 5.83. The predicted octanol–water partition coefficient (Wildman–Crippen LogP) is 3.81. The molecule has 2 heterocycles. The first-order valence-corrected chi connectivity index (χ1v) is 11.8. The molecule has 1 aromatic heterocycles. The third-order valence-electron chi connectivity index (χ3n) is 6.55.